The first-order valence-corrected chi connectivity index (χ1v) is 12.0. The second-order valence-electron chi connectivity index (χ2n) is 9.68. The predicted octanol–water partition coefficient (Wildman–Crippen LogP) is 3.64. The van der Waals surface area contributed by atoms with Crippen LogP contribution < -0.4 is 5.32 Å². The molecule has 0 saturated carbocycles. The van der Waals surface area contributed by atoms with E-state index in [2.05, 4.69) is 29.6 Å². The molecule has 2 aromatic carbocycles. The van der Waals surface area contributed by atoms with Gasteiger partial charge in [0.05, 0.1) is 19.6 Å². The Labute approximate surface area is 205 Å². The molecular weight excluding hydrogens is 448 g/mol. The summed E-state index contributed by atoms with van der Waals surface area (Å²) in [6, 6.07) is 15.5. The van der Waals surface area contributed by atoms with Crippen molar-refractivity contribution in [2.24, 2.45) is 5.41 Å². The fourth-order valence-electron chi connectivity index (χ4n) is 5.11. The molecule has 0 radical (unpaired) electrons. The second-order valence-corrected chi connectivity index (χ2v) is 9.68. The lowest BCUT2D eigenvalue weighted by atomic mass is 9.85. The minimum atomic E-state index is -0.978. The van der Waals surface area contributed by atoms with E-state index in [4.69, 9.17) is 9.47 Å². The summed E-state index contributed by atoms with van der Waals surface area (Å²) in [5.41, 5.74) is 4.21. The number of fused-ring (bicyclic) bond motifs is 3. The van der Waals surface area contributed by atoms with E-state index in [-0.39, 0.29) is 44.6 Å². The molecule has 8 heteroatoms. The monoisotopic (exact) mass is 480 g/mol. The molecule has 0 aromatic heterocycles. The van der Waals surface area contributed by atoms with Crippen LogP contribution in [0.4, 0.5) is 4.79 Å². The number of carboxylic acids is 1. The molecular formula is C27H32N2O6. The maximum atomic E-state index is 12.5. The van der Waals surface area contributed by atoms with E-state index in [0.717, 1.165) is 11.1 Å². The number of hydrogen-bond acceptors (Lipinski definition) is 5. The van der Waals surface area contributed by atoms with E-state index in [1.807, 2.05) is 38.1 Å². The average molecular weight is 481 g/mol. The van der Waals surface area contributed by atoms with Gasteiger partial charge in [-0.05, 0) is 34.1 Å². The van der Waals surface area contributed by atoms with Crippen molar-refractivity contribution in [2.45, 2.75) is 38.6 Å². The number of alkyl carbamates (subject to hydrolysis) is 1. The highest BCUT2D eigenvalue weighted by atomic mass is 16.5. The third-order valence-corrected chi connectivity index (χ3v) is 6.92. The maximum absolute atomic E-state index is 12.5. The predicted molar refractivity (Wildman–Crippen MR) is 130 cm³/mol. The molecule has 1 aliphatic carbocycles. The Morgan fingerprint density at radius 2 is 1.66 bits per heavy atom. The van der Waals surface area contributed by atoms with Crippen LogP contribution in [0.3, 0.4) is 0 Å². The number of carboxylic acid groups (broad SMARTS) is 1. The number of nitrogens with zero attached hydrogens (tertiary/aromatic N) is 1. The van der Waals surface area contributed by atoms with Crippen LogP contribution in [0.1, 0.15) is 43.7 Å². The number of nitrogens with one attached hydrogen (secondary N) is 1. The molecule has 2 N–H and O–H groups in total. The summed E-state index contributed by atoms with van der Waals surface area (Å²) in [5, 5.41) is 12.2. The molecule has 186 valence electrons. The zero-order valence-corrected chi connectivity index (χ0v) is 20.2. The Morgan fingerprint density at radius 1 is 1.03 bits per heavy atom. The van der Waals surface area contributed by atoms with E-state index in [0.29, 0.717) is 13.0 Å². The molecule has 8 nitrogen and oxygen atoms in total. The van der Waals surface area contributed by atoms with Crippen molar-refractivity contribution in [1.82, 2.24) is 10.2 Å². The molecule has 4 rings (SSSR count). The van der Waals surface area contributed by atoms with Crippen LogP contribution in [0.15, 0.2) is 48.5 Å². The largest absolute Gasteiger partial charge is 0.480 e. The van der Waals surface area contributed by atoms with Gasteiger partial charge in [0.2, 0.25) is 5.91 Å². The van der Waals surface area contributed by atoms with E-state index in [1.54, 1.807) is 0 Å². The van der Waals surface area contributed by atoms with E-state index < -0.39 is 23.5 Å². The molecule has 1 atom stereocenters. The first kappa shape index (κ1) is 24.7. The Morgan fingerprint density at radius 3 is 2.29 bits per heavy atom. The van der Waals surface area contributed by atoms with Gasteiger partial charge in [0, 0.05) is 19.0 Å². The van der Waals surface area contributed by atoms with Gasteiger partial charge in [-0.3, -0.25) is 4.79 Å². The van der Waals surface area contributed by atoms with Gasteiger partial charge in [-0.1, -0.05) is 62.4 Å². The number of aliphatic carboxylic acids is 1. The first-order valence-electron chi connectivity index (χ1n) is 12.0. The number of hydrogen-bond donors (Lipinski definition) is 2. The van der Waals surface area contributed by atoms with E-state index >= 15 is 0 Å². The lowest BCUT2D eigenvalue weighted by Crippen LogP contribution is -2.46. The van der Waals surface area contributed by atoms with Crippen molar-refractivity contribution in [3.05, 3.63) is 59.7 Å². The Bertz CT molecular complexity index is 1050. The molecule has 1 aliphatic heterocycles. The van der Waals surface area contributed by atoms with Crippen molar-refractivity contribution in [2.75, 3.05) is 32.9 Å². The molecule has 2 aliphatic rings. The van der Waals surface area contributed by atoms with Crippen LogP contribution in [0, 0.1) is 5.41 Å². The summed E-state index contributed by atoms with van der Waals surface area (Å²) in [6.45, 7) is 5.05. The smallest absolute Gasteiger partial charge is 0.407 e. The molecule has 35 heavy (non-hydrogen) atoms. The lowest BCUT2D eigenvalue weighted by molar-refractivity contribution is -0.151. The van der Waals surface area contributed by atoms with Crippen molar-refractivity contribution < 1.29 is 29.0 Å². The number of carbonyl (C=O) groups excluding carboxylic acids is 2. The van der Waals surface area contributed by atoms with Gasteiger partial charge in [-0.2, -0.15) is 0 Å². The maximum Gasteiger partial charge on any atom is 0.407 e. The van der Waals surface area contributed by atoms with Crippen LogP contribution in [-0.2, 0) is 19.1 Å². The van der Waals surface area contributed by atoms with Crippen LogP contribution in [0.5, 0.6) is 0 Å². The Balaban J connectivity index is 1.16. The fraction of sp³-hybridized carbons (Fsp3) is 0.444. The number of benzene rings is 2. The molecule has 1 saturated heterocycles. The van der Waals surface area contributed by atoms with Gasteiger partial charge < -0.3 is 24.8 Å². The zero-order chi connectivity index (χ0) is 25.0. The van der Waals surface area contributed by atoms with Crippen molar-refractivity contribution >= 4 is 18.0 Å². The Hall–Kier alpha value is -3.39. The number of rotatable bonds is 9. The number of ether oxygens (including phenoxy) is 2. The highest BCUT2D eigenvalue weighted by Crippen LogP contribution is 2.44. The quantitative estimate of drug-likeness (QED) is 0.531. The van der Waals surface area contributed by atoms with Gasteiger partial charge in [0.1, 0.15) is 12.6 Å². The third kappa shape index (κ3) is 5.32. The second kappa shape index (κ2) is 10.5. The zero-order valence-electron chi connectivity index (χ0n) is 20.2. The Kier molecular flexibility index (Phi) is 7.40. The van der Waals surface area contributed by atoms with Crippen LogP contribution in [0.2, 0.25) is 0 Å². The summed E-state index contributed by atoms with van der Waals surface area (Å²) < 4.78 is 11.0. The molecule has 0 bridgehead atoms. The first-order chi connectivity index (χ1) is 16.8. The molecule has 0 spiro atoms. The minimum Gasteiger partial charge on any atom is -0.480 e. The van der Waals surface area contributed by atoms with Crippen LogP contribution in [0.25, 0.3) is 11.1 Å². The summed E-state index contributed by atoms with van der Waals surface area (Å²) in [6.07, 6.45) is 0.237. The molecule has 1 heterocycles. The van der Waals surface area contributed by atoms with E-state index in [1.165, 1.54) is 16.0 Å². The molecule has 2 amide bonds. The topological polar surface area (TPSA) is 105 Å². The van der Waals surface area contributed by atoms with Gasteiger partial charge >= 0.3 is 12.1 Å². The fourth-order valence-corrected chi connectivity index (χ4v) is 5.11. The van der Waals surface area contributed by atoms with Crippen molar-refractivity contribution in [3.8, 4) is 11.1 Å². The highest BCUT2D eigenvalue weighted by Gasteiger charge is 2.46. The summed E-state index contributed by atoms with van der Waals surface area (Å²) in [5.74, 6) is -1.21. The van der Waals surface area contributed by atoms with Gasteiger partial charge in [-0.15, -0.1) is 0 Å². The molecule has 1 fully saturated rings. The van der Waals surface area contributed by atoms with Crippen molar-refractivity contribution in [3.63, 3.8) is 0 Å². The van der Waals surface area contributed by atoms with E-state index in [9.17, 15) is 19.5 Å². The highest BCUT2D eigenvalue weighted by molar-refractivity contribution is 5.85. The molecule has 1 unspecified atom stereocenters. The number of amides is 2. The third-order valence-electron chi connectivity index (χ3n) is 6.92. The number of likely N-dealkylation sites (tertiary alicyclic amines) is 1. The lowest BCUT2D eigenvalue weighted by Gasteiger charge is -2.29. The standard InChI is InChI=1S/C27H32N2O6/c1-27(2)12-14-29(24(27)25(31)32)23(30)11-15-34-16-13-28-26(33)35-17-22-20-9-5-3-7-18(20)19-8-4-6-10-21(19)22/h3-10,22,24H,11-17H2,1-2H3,(H,28,33)(H,31,32). The van der Waals surface area contributed by atoms with Gasteiger partial charge in [0.15, 0.2) is 0 Å². The summed E-state index contributed by atoms with van der Waals surface area (Å²) in [4.78, 5) is 37.7. The summed E-state index contributed by atoms with van der Waals surface area (Å²) in [7, 11) is 0. The molecule has 2 aromatic rings. The summed E-state index contributed by atoms with van der Waals surface area (Å²) >= 11 is 0. The average Bonchev–Trinajstić information content (AvgIpc) is 3.33. The number of carbonyl (C=O) groups is 3. The van der Waals surface area contributed by atoms with Crippen LogP contribution >= 0.6 is 0 Å². The van der Waals surface area contributed by atoms with Gasteiger partial charge in [0.25, 0.3) is 0 Å². The SMILES string of the molecule is CC1(C)CCN(C(=O)CCOCCNC(=O)OCC2c3ccccc3-c3ccccc32)C1C(=O)O. The minimum absolute atomic E-state index is 0.000561. The van der Waals surface area contributed by atoms with Crippen molar-refractivity contribution in [1.29, 1.82) is 0 Å². The normalized spacial score (nSPS) is 18.1. The van der Waals surface area contributed by atoms with Crippen LogP contribution in [-0.4, -0.2) is 66.9 Å². The van der Waals surface area contributed by atoms with Gasteiger partial charge in [-0.25, -0.2) is 9.59 Å².